The molecule has 0 bridgehead atoms. The number of hydrogen-bond acceptors (Lipinski definition) is 7. The smallest absolute Gasteiger partial charge is 0.344 e. The van der Waals surface area contributed by atoms with Crippen LogP contribution in [0.2, 0.25) is 0 Å². The molecule has 0 unspecified atom stereocenters. The number of hydrogen-bond donors (Lipinski definition) is 0. The molecule has 3 rings (SSSR count). The molecular formula is C22H22BrN3O5. The van der Waals surface area contributed by atoms with Crippen molar-refractivity contribution in [1.29, 1.82) is 0 Å². The van der Waals surface area contributed by atoms with Gasteiger partial charge in [0.05, 0.1) is 30.3 Å². The lowest BCUT2D eigenvalue weighted by Crippen LogP contribution is -2.20. The van der Waals surface area contributed by atoms with Gasteiger partial charge < -0.3 is 14.2 Å². The van der Waals surface area contributed by atoms with Gasteiger partial charge in [-0.2, -0.15) is 9.78 Å². The molecule has 162 valence electrons. The van der Waals surface area contributed by atoms with Crippen LogP contribution in [0.5, 0.6) is 11.5 Å². The van der Waals surface area contributed by atoms with Crippen molar-refractivity contribution in [3.63, 3.8) is 0 Å². The Morgan fingerprint density at radius 1 is 1.23 bits per heavy atom. The molecule has 0 aliphatic rings. The molecule has 0 fully saturated rings. The average molecular weight is 488 g/mol. The zero-order valence-corrected chi connectivity index (χ0v) is 19.2. The zero-order valence-electron chi connectivity index (χ0n) is 17.6. The number of fused-ring (bicyclic) bond motifs is 1. The van der Waals surface area contributed by atoms with E-state index >= 15 is 0 Å². The number of nitrogens with zero attached hydrogens (tertiary/aromatic N) is 3. The highest BCUT2D eigenvalue weighted by Crippen LogP contribution is 2.27. The van der Waals surface area contributed by atoms with E-state index < -0.39 is 5.97 Å². The SMILES string of the molecule is COc1cc(C=Nn2c(C)nc3ccc(Br)cc3c2=O)ccc1OCC(=O)OC(C)C. The van der Waals surface area contributed by atoms with Gasteiger partial charge in [0, 0.05) is 4.47 Å². The van der Waals surface area contributed by atoms with E-state index in [4.69, 9.17) is 14.2 Å². The monoisotopic (exact) mass is 487 g/mol. The Balaban J connectivity index is 1.84. The topological polar surface area (TPSA) is 92.0 Å². The molecule has 0 N–H and O–H groups in total. The summed E-state index contributed by atoms with van der Waals surface area (Å²) in [5.41, 5.74) is 1.02. The maximum Gasteiger partial charge on any atom is 0.344 e. The summed E-state index contributed by atoms with van der Waals surface area (Å²) in [5, 5.41) is 4.76. The first kappa shape index (κ1) is 22.5. The van der Waals surface area contributed by atoms with Crippen LogP contribution in [-0.4, -0.2) is 41.7 Å². The standard InChI is InChI=1S/C22H22BrN3O5/c1-13(2)31-21(27)12-30-19-8-5-15(9-20(19)29-4)11-24-26-14(3)25-18-7-6-16(23)10-17(18)22(26)28/h5-11,13H,12H2,1-4H3. The number of carbonyl (C=O) groups excluding carboxylic acids is 1. The van der Waals surface area contributed by atoms with Gasteiger partial charge in [-0.1, -0.05) is 15.9 Å². The summed E-state index contributed by atoms with van der Waals surface area (Å²) < 4.78 is 17.9. The van der Waals surface area contributed by atoms with Crippen molar-refractivity contribution in [2.24, 2.45) is 5.10 Å². The van der Waals surface area contributed by atoms with E-state index in [2.05, 4.69) is 26.0 Å². The minimum Gasteiger partial charge on any atom is -0.493 e. The quantitative estimate of drug-likeness (QED) is 0.372. The van der Waals surface area contributed by atoms with Crippen LogP contribution in [0, 0.1) is 6.92 Å². The fraction of sp³-hybridized carbons (Fsp3) is 0.273. The van der Waals surface area contributed by atoms with E-state index in [9.17, 15) is 9.59 Å². The van der Waals surface area contributed by atoms with E-state index in [0.717, 1.165) is 4.47 Å². The summed E-state index contributed by atoms with van der Waals surface area (Å²) >= 11 is 3.37. The first-order chi connectivity index (χ1) is 14.8. The third kappa shape index (κ3) is 5.49. The van der Waals surface area contributed by atoms with Gasteiger partial charge >= 0.3 is 5.97 Å². The molecule has 9 heteroatoms. The third-order valence-electron chi connectivity index (χ3n) is 4.19. The molecule has 0 radical (unpaired) electrons. The normalized spacial score (nSPS) is 11.3. The maximum absolute atomic E-state index is 12.8. The summed E-state index contributed by atoms with van der Waals surface area (Å²) in [7, 11) is 1.50. The Kier molecular flexibility index (Phi) is 7.06. The van der Waals surface area contributed by atoms with E-state index in [1.54, 1.807) is 51.1 Å². The fourth-order valence-corrected chi connectivity index (χ4v) is 3.20. The number of ether oxygens (including phenoxy) is 3. The average Bonchev–Trinajstić information content (AvgIpc) is 2.72. The van der Waals surface area contributed by atoms with Gasteiger partial charge in [0.25, 0.3) is 5.56 Å². The number of esters is 1. The number of rotatable bonds is 7. The lowest BCUT2D eigenvalue weighted by Gasteiger charge is -2.12. The van der Waals surface area contributed by atoms with Gasteiger partial charge in [-0.15, -0.1) is 0 Å². The van der Waals surface area contributed by atoms with Crippen LogP contribution >= 0.6 is 15.9 Å². The van der Waals surface area contributed by atoms with Crippen LogP contribution < -0.4 is 15.0 Å². The third-order valence-corrected chi connectivity index (χ3v) is 4.69. The van der Waals surface area contributed by atoms with E-state index in [1.807, 2.05) is 6.07 Å². The molecule has 0 amide bonds. The van der Waals surface area contributed by atoms with Crippen molar-refractivity contribution in [3.05, 3.63) is 62.6 Å². The lowest BCUT2D eigenvalue weighted by molar-refractivity contribution is -0.149. The summed E-state index contributed by atoms with van der Waals surface area (Å²) in [4.78, 5) is 28.9. The highest BCUT2D eigenvalue weighted by molar-refractivity contribution is 9.10. The molecule has 0 aliphatic carbocycles. The predicted octanol–water partition coefficient (Wildman–Crippen LogP) is 3.69. The van der Waals surface area contributed by atoms with Crippen molar-refractivity contribution in [1.82, 2.24) is 9.66 Å². The number of aryl methyl sites for hydroxylation is 1. The van der Waals surface area contributed by atoms with E-state index in [0.29, 0.717) is 33.8 Å². The first-order valence-corrected chi connectivity index (χ1v) is 10.3. The second-order valence-electron chi connectivity index (χ2n) is 6.92. The number of aromatic nitrogens is 2. The van der Waals surface area contributed by atoms with Crippen LogP contribution in [-0.2, 0) is 9.53 Å². The van der Waals surface area contributed by atoms with Crippen LogP contribution in [0.4, 0.5) is 0 Å². The molecule has 1 aromatic heterocycles. The molecule has 0 saturated heterocycles. The molecule has 3 aromatic rings. The van der Waals surface area contributed by atoms with Gasteiger partial charge in [-0.3, -0.25) is 4.79 Å². The fourth-order valence-electron chi connectivity index (χ4n) is 2.84. The molecule has 1 heterocycles. The molecule has 31 heavy (non-hydrogen) atoms. The summed E-state index contributed by atoms with van der Waals surface area (Å²) in [6.45, 7) is 5.02. The van der Waals surface area contributed by atoms with Crippen molar-refractivity contribution in [2.45, 2.75) is 26.9 Å². The van der Waals surface area contributed by atoms with Gasteiger partial charge in [0.2, 0.25) is 0 Å². The molecule has 2 aromatic carbocycles. The lowest BCUT2D eigenvalue weighted by atomic mass is 10.2. The van der Waals surface area contributed by atoms with E-state index in [-0.39, 0.29) is 18.3 Å². The Morgan fingerprint density at radius 2 is 2.00 bits per heavy atom. The van der Waals surface area contributed by atoms with Crippen LogP contribution in [0.3, 0.4) is 0 Å². The van der Waals surface area contributed by atoms with Crippen LogP contribution in [0.1, 0.15) is 25.2 Å². The minimum atomic E-state index is -0.465. The maximum atomic E-state index is 12.8. The first-order valence-electron chi connectivity index (χ1n) is 9.52. The minimum absolute atomic E-state index is 0.214. The van der Waals surface area contributed by atoms with Crippen LogP contribution in [0.25, 0.3) is 10.9 Å². The zero-order chi connectivity index (χ0) is 22.5. The van der Waals surface area contributed by atoms with Gasteiger partial charge in [-0.25, -0.2) is 9.78 Å². The Bertz CT molecular complexity index is 1200. The number of benzene rings is 2. The Hall–Kier alpha value is -3.20. The Labute approximate surface area is 187 Å². The molecule has 8 nitrogen and oxygen atoms in total. The van der Waals surface area contributed by atoms with Gasteiger partial charge in [0.15, 0.2) is 18.1 Å². The highest BCUT2D eigenvalue weighted by Gasteiger charge is 2.11. The predicted molar refractivity (Wildman–Crippen MR) is 121 cm³/mol. The number of methoxy groups -OCH3 is 1. The Morgan fingerprint density at radius 3 is 2.71 bits per heavy atom. The molecule has 0 aliphatic heterocycles. The molecule has 0 saturated carbocycles. The summed E-state index contributed by atoms with van der Waals surface area (Å²) in [6.07, 6.45) is 1.31. The number of halogens is 1. The summed E-state index contributed by atoms with van der Waals surface area (Å²) in [5.74, 6) is 0.816. The summed E-state index contributed by atoms with van der Waals surface area (Å²) in [6, 6.07) is 10.4. The largest absolute Gasteiger partial charge is 0.493 e. The second kappa shape index (κ2) is 9.74. The number of carbonyl (C=O) groups is 1. The van der Waals surface area contributed by atoms with Gasteiger partial charge in [-0.05, 0) is 62.7 Å². The second-order valence-corrected chi connectivity index (χ2v) is 7.84. The van der Waals surface area contributed by atoms with Crippen molar-refractivity contribution in [3.8, 4) is 11.5 Å². The highest BCUT2D eigenvalue weighted by atomic mass is 79.9. The van der Waals surface area contributed by atoms with E-state index in [1.165, 1.54) is 18.0 Å². The molecule has 0 spiro atoms. The van der Waals surface area contributed by atoms with Gasteiger partial charge in [0.1, 0.15) is 5.82 Å². The molecular weight excluding hydrogens is 466 g/mol. The van der Waals surface area contributed by atoms with Crippen molar-refractivity contribution >= 4 is 39.0 Å². The molecule has 0 atom stereocenters. The van der Waals surface area contributed by atoms with Crippen molar-refractivity contribution in [2.75, 3.05) is 13.7 Å². The van der Waals surface area contributed by atoms with Crippen LogP contribution in [0.15, 0.2) is 50.8 Å². The van der Waals surface area contributed by atoms with Crippen molar-refractivity contribution < 1.29 is 19.0 Å².